The number of H-pyrrole nitrogens is 1. The van der Waals surface area contributed by atoms with E-state index in [9.17, 15) is 4.79 Å². The van der Waals surface area contributed by atoms with Crippen LogP contribution in [0.25, 0.3) is 0 Å². The molecular formula is C16H24N4O2. The maximum atomic E-state index is 12.2. The molecule has 1 aliphatic carbocycles. The van der Waals surface area contributed by atoms with Crippen molar-refractivity contribution in [3.8, 4) is 0 Å². The van der Waals surface area contributed by atoms with Crippen molar-refractivity contribution >= 4 is 11.6 Å². The van der Waals surface area contributed by atoms with Crippen LogP contribution in [0.3, 0.4) is 0 Å². The Kier molecular flexibility index (Phi) is 4.45. The van der Waals surface area contributed by atoms with Crippen LogP contribution >= 0.6 is 0 Å². The summed E-state index contributed by atoms with van der Waals surface area (Å²) >= 11 is 0. The standard InChI is InChI=1S/C16H24N4O2/c1-10(2)13-8-15(22-20-13)16(21)17-9-14-11-6-4-3-5-7-12(11)18-19-14/h10,15H,3-9H2,1-2H3,(H,17,21)(H,18,19). The second kappa shape index (κ2) is 6.50. The van der Waals surface area contributed by atoms with E-state index in [1.165, 1.54) is 30.5 Å². The summed E-state index contributed by atoms with van der Waals surface area (Å²) in [5.41, 5.74) is 4.45. The Balaban J connectivity index is 1.55. The first-order chi connectivity index (χ1) is 10.6. The van der Waals surface area contributed by atoms with Crippen LogP contribution in [-0.2, 0) is 29.0 Å². The molecule has 2 N–H and O–H groups in total. The van der Waals surface area contributed by atoms with Gasteiger partial charge in [-0.15, -0.1) is 0 Å². The van der Waals surface area contributed by atoms with Crippen LogP contribution in [0, 0.1) is 5.92 Å². The van der Waals surface area contributed by atoms with E-state index in [-0.39, 0.29) is 5.91 Å². The first kappa shape index (κ1) is 15.1. The smallest absolute Gasteiger partial charge is 0.264 e. The Morgan fingerprint density at radius 1 is 1.36 bits per heavy atom. The van der Waals surface area contributed by atoms with Gasteiger partial charge in [0.25, 0.3) is 5.91 Å². The largest absolute Gasteiger partial charge is 0.382 e. The van der Waals surface area contributed by atoms with E-state index < -0.39 is 6.10 Å². The summed E-state index contributed by atoms with van der Waals surface area (Å²) in [6.45, 7) is 4.57. The number of hydrogen-bond donors (Lipinski definition) is 2. The zero-order valence-corrected chi connectivity index (χ0v) is 13.3. The number of nitrogens with one attached hydrogen (secondary N) is 2. The molecule has 1 aromatic heterocycles. The highest BCUT2D eigenvalue weighted by Gasteiger charge is 2.29. The number of rotatable bonds is 4. The molecule has 1 unspecified atom stereocenters. The third kappa shape index (κ3) is 3.15. The van der Waals surface area contributed by atoms with Gasteiger partial charge in [0, 0.05) is 12.1 Å². The van der Waals surface area contributed by atoms with E-state index in [0.29, 0.717) is 18.9 Å². The predicted octanol–water partition coefficient (Wildman–Crippen LogP) is 2.10. The Labute approximate surface area is 130 Å². The van der Waals surface area contributed by atoms with Gasteiger partial charge in [0.1, 0.15) is 0 Å². The normalized spacial score (nSPS) is 21.0. The first-order valence-electron chi connectivity index (χ1n) is 8.20. The molecule has 1 atom stereocenters. The summed E-state index contributed by atoms with van der Waals surface area (Å²) in [5.74, 6) is 0.213. The van der Waals surface area contributed by atoms with Gasteiger partial charge in [0.15, 0.2) is 0 Å². The highest BCUT2D eigenvalue weighted by atomic mass is 16.6. The Bertz CT molecular complexity index is 577. The van der Waals surface area contributed by atoms with Crippen molar-refractivity contribution in [2.45, 2.75) is 65.0 Å². The molecule has 1 aromatic rings. The lowest BCUT2D eigenvalue weighted by molar-refractivity contribution is -0.131. The summed E-state index contributed by atoms with van der Waals surface area (Å²) in [5, 5.41) is 14.4. The fourth-order valence-electron chi connectivity index (χ4n) is 3.03. The van der Waals surface area contributed by atoms with Crippen LogP contribution in [0.4, 0.5) is 0 Å². The quantitative estimate of drug-likeness (QED) is 0.836. The molecule has 120 valence electrons. The molecule has 22 heavy (non-hydrogen) atoms. The molecule has 0 spiro atoms. The average Bonchev–Trinajstić information content (AvgIpc) is 3.07. The fourth-order valence-corrected chi connectivity index (χ4v) is 3.03. The number of carbonyl (C=O) groups is 1. The SMILES string of the molecule is CC(C)C1=NOC(C(=O)NCc2n[nH]c3c2CCCCC3)C1. The lowest BCUT2D eigenvalue weighted by Crippen LogP contribution is -2.34. The van der Waals surface area contributed by atoms with Crippen LogP contribution in [0.1, 0.15) is 56.5 Å². The van der Waals surface area contributed by atoms with E-state index in [0.717, 1.165) is 24.2 Å². The third-order valence-corrected chi connectivity index (χ3v) is 4.47. The number of aryl methyl sites for hydroxylation is 1. The molecule has 3 rings (SSSR count). The summed E-state index contributed by atoms with van der Waals surface area (Å²) in [6.07, 6.45) is 5.89. The van der Waals surface area contributed by atoms with Crippen LogP contribution in [0.15, 0.2) is 5.16 Å². The zero-order chi connectivity index (χ0) is 15.5. The van der Waals surface area contributed by atoms with E-state index in [2.05, 4.69) is 34.5 Å². The fraction of sp³-hybridized carbons (Fsp3) is 0.688. The summed E-state index contributed by atoms with van der Waals surface area (Å²) < 4.78 is 0. The molecule has 2 aliphatic rings. The van der Waals surface area contributed by atoms with Gasteiger partial charge >= 0.3 is 0 Å². The molecule has 0 saturated heterocycles. The lowest BCUT2D eigenvalue weighted by Gasteiger charge is -2.09. The molecule has 0 aromatic carbocycles. The van der Waals surface area contributed by atoms with Gasteiger partial charge in [-0.05, 0) is 37.2 Å². The van der Waals surface area contributed by atoms with Crippen molar-refractivity contribution < 1.29 is 9.63 Å². The monoisotopic (exact) mass is 304 g/mol. The molecule has 0 radical (unpaired) electrons. The number of aromatic amines is 1. The maximum absolute atomic E-state index is 12.2. The second-order valence-corrected chi connectivity index (χ2v) is 6.44. The summed E-state index contributed by atoms with van der Waals surface area (Å²) in [6, 6.07) is 0. The van der Waals surface area contributed by atoms with Crippen molar-refractivity contribution in [2.24, 2.45) is 11.1 Å². The van der Waals surface area contributed by atoms with Crippen molar-refractivity contribution in [1.82, 2.24) is 15.5 Å². The minimum atomic E-state index is -0.491. The molecule has 6 heteroatoms. The number of aromatic nitrogens is 2. The van der Waals surface area contributed by atoms with Gasteiger partial charge in [-0.3, -0.25) is 9.89 Å². The van der Waals surface area contributed by atoms with Crippen molar-refractivity contribution in [2.75, 3.05) is 0 Å². The van der Waals surface area contributed by atoms with Crippen LogP contribution in [0.5, 0.6) is 0 Å². The minimum Gasteiger partial charge on any atom is -0.382 e. The predicted molar refractivity (Wildman–Crippen MR) is 83.5 cm³/mol. The van der Waals surface area contributed by atoms with Gasteiger partial charge in [-0.25, -0.2) is 0 Å². The topological polar surface area (TPSA) is 79.4 Å². The molecule has 0 fully saturated rings. The van der Waals surface area contributed by atoms with Crippen molar-refractivity contribution in [3.05, 3.63) is 17.0 Å². The number of nitrogens with zero attached hydrogens (tertiary/aromatic N) is 2. The second-order valence-electron chi connectivity index (χ2n) is 6.44. The number of carbonyl (C=O) groups excluding carboxylic acids is 1. The number of oxime groups is 1. The van der Waals surface area contributed by atoms with Crippen molar-refractivity contribution in [1.29, 1.82) is 0 Å². The lowest BCUT2D eigenvalue weighted by atomic mass is 10.0. The average molecular weight is 304 g/mol. The number of hydrogen-bond acceptors (Lipinski definition) is 4. The van der Waals surface area contributed by atoms with Crippen molar-refractivity contribution in [3.63, 3.8) is 0 Å². The molecular weight excluding hydrogens is 280 g/mol. The highest BCUT2D eigenvalue weighted by Crippen LogP contribution is 2.22. The summed E-state index contributed by atoms with van der Waals surface area (Å²) in [7, 11) is 0. The van der Waals surface area contributed by atoms with E-state index in [4.69, 9.17) is 4.84 Å². The zero-order valence-electron chi connectivity index (χ0n) is 13.3. The van der Waals surface area contributed by atoms with Gasteiger partial charge in [-0.2, -0.15) is 5.10 Å². The Morgan fingerprint density at radius 2 is 2.18 bits per heavy atom. The van der Waals surface area contributed by atoms with Crippen LogP contribution in [-0.4, -0.2) is 27.9 Å². The maximum Gasteiger partial charge on any atom is 0.264 e. The van der Waals surface area contributed by atoms with Gasteiger partial charge in [0.2, 0.25) is 6.10 Å². The Morgan fingerprint density at radius 3 is 2.95 bits per heavy atom. The number of amides is 1. The Hall–Kier alpha value is -1.85. The first-order valence-corrected chi connectivity index (χ1v) is 8.20. The molecule has 2 heterocycles. The molecule has 1 amide bonds. The summed E-state index contributed by atoms with van der Waals surface area (Å²) in [4.78, 5) is 17.4. The van der Waals surface area contributed by atoms with Gasteiger partial charge in [-0.1, -0.05) is 25.4 Å². The van der Waals surface area contributed by atoms with E-state index in [1.807, 2.05) is 0 Å². The van der Waals surface area contributed by atoms with Crippen LogP contribution < -0.4 is 5.32 Å². The molecule has 0 bridgehead atoms. The highest BCUT2D eigenvalue weighted by molar-refractivity contribution is 5.93. The van der Waals surface area contributed by atoms with Gasteiger partial charge < -0.3 is 10.2 Å². The molecule has 1 aliphatic heterocycles. The van der Waals surface area contributed by atoms with Gasteiger partial charge in [0.05, 0.1) is 18.0 Å². The van der Waals surface area contributed by atoms with Crippen LogP contribution in [0.2, 0.25) is 0 Å². The van der Waals surface area contributed by atoms with E-state index in [1.54, 1.807) is 0 Å². The molecule has 0 saturated carbocycles. The minimum absolute atomic E-state index is 0.107. The number of fused-ring (bicyclic) bond motifs is 1. The molecule has 6 nitrogen and oxygen atoms in total. The third-order valence-electron chi connectivity index (χ3n) is 4.47. The van der Waals surface area contributed by atoms with E-state index >= 15 is 0 Å².